The number of nitrogens with one attached hydrogen (secondary N) is 1. The van der Waals surface area contributed by atoms with Crippen molar-refractivity contribution in [2.24, 2.45) is 0 Å². The molecule has 9 heteroatoms. The van der Waals surface area contributed by atoms with Crippen molar-refractivity contribution in [3.8, 4) is 0 Å². The highest BCUT2D eigenvalue weighted by Crippen LogP contribution is 2.59. The SMILES string of the molecule is CC(C)(C)c1ccc2c(c1)CCC2NC(P(=O)(O)O)P(=O)(O)O. The molecule has 2 rings (SSSR count). The van der Waals surface area contributed by atoms with Crippen molar-refractivity contribution in [3.63, 3.8) is 0 Å². The molecule has 23 heavy (non-hydrogen) atoms. The van der Waals surface area contributed by atoms with Crippen molar-refractivity contribution in [2.75, 3.05) is 0 Å². The number of hydrogen-bond acceptors (Lipinski definition) is 3. The molecule has 0 fully saturated rings. The maximum atomic E-state index is 11.4. The normalized spacial score (nSPS) is 19.2. The van der Waals surface area contributed by atoms with Gasteiger partial charge in [0.15, 0.2) is 0 Å². The number of rotatable bonds is 4. The minimum absolute atomic E-state index is 0.0130. The summed E-state index contributed by atoms with van der Waals surface area (Å²) in [6.07, 6.45) is 1.24. The maximum Gasteiger partial charge on any atom is 0.354 e. The molecule has 7 nitrogen and oxygen atoms in total. The molecular weight excluding hydrogens is 340 g/mol. The first-order chi connectivity index (χ1) is 10.3. The summed E-state index contributed by atoms with van der Waals surface area (Å²) in [4.78, 5) is 36.9. The van der Waals surface area contributed by atoms with Crippen LogP contribution in [0.1, 0.15) is 49.9 Å². The third kappa shape index (κ3) is 4.31. The predicted molar refractivity (Wildman–Crippen MR) is 87.2 cm³/mol. The van der Waals surface area contributed by atoms with Gasteiger partial charge in [-0.3, -0.25) is 14.4 Å². The van der Waals surface area contributed by atoms with E-state index in [0.717, 1.165) is 16.7 Å². The number of hydrogen-bond donors (Lipinski definition) is 5. The van der Waals surface area contributed by atoms with Crippen LogP contribution in [0.5, 0.6) is 0 Å². The summed E-state index contributed by atoms with van der Waals surface area (Å²) >= 11 is 0. The third-order valence-electron chi connectivity index (χ3n) is 4.07. The fraction of sp³-hybridized carbons (Fsp3) is 0.571. The lowest BCUT2D eigenvalue weighted by molar-refractivity contribution is 0.320. The van der Waals surface area contributed by atoms with Crippen molar-refractivity contribution < 1.29 is 28.7 Å². The smallest absolute Gasteiger partial charge is 0.323 e. The van der Waals surface area contributed by atoms with E-state index in [9.17, 15) is 28.7 Å². The van der Waals surface area contributed by atoms with Crippen LogP contribution in [-0.4, -0.2) is 25.1 Å². The molecule has 1 atom stereocenters. The fourth-order valence-corrected chi connectivity index (χ4v) is 5.14. The summed E-state index contributed by atoms with van der Waals surface area (Å²) in [5, 5.41) is 2.48. The first-order valence-electron chi connectivity index (χ1n) is 7.30. The second-order valence-electron chi connectivity index (χ2n) is 6.97. The second-order valence-corrected chi connectivity index (χ2v) is 10.8. The zero-order valence-corrected chi connectivity index (χ0v) is 15.1. The van der Waals surface area contributed by atoms with E-state index >= 15 is 0 Å². The van der Waals surface area contributed by atoms with Gasteiger partial charge >= 0.3 is 15.2 Å². The molecule has 1 unspecified atom stereocenters. The van der Waals surface area contributed by atoms with Crippen LogP contribution in [0.25, 0.3) is 0 Å². The molecule has 130 valence electrons. The van der Waals surface area contributed by atoms with Gasteiger partial charge < -0.3 is 19.6 Å². The van der Waals surface area contributed by atoms with E-state index in [4.69, 9.17) is 0 Å². The highest BCUT2D eigenvalue weighted by atomic mass is 31.2. The molecule has 0 aromatic heterocycles. The zero-order valence-electron chi connectivity index (χ0n) is 13.3. The Kier molecular flexibility index (Phi) is 4.98. The summed E-state index contributed by atoms with van der Waals surface area (Å²) in [6.45, 7) is 6.28. The Bertz CT molecular complexity index is 665. The molecule has 1 aromatic rings. The van der Waals surface area contributed by atoms with Gasteiger partial charge in [0.25, 0.3) is 0 Å². The quantitative estimate of drug-likeness (QED) is 0.519. The van der Waals surface area contributed by atoms with Gasteiger partial charge in [-0.05, 0) is 34.9 Å². The topological polar surface area (TPSA) is 127 Å². The van der Waals surface area contributed by atoms with Crippen molar-refractivity contribution in [3.05, 3.63) is 34.9 Å². The zero-order chi connectivity index (χ0) is 17.6. The van der Waals surface area contributed by atoms with E-state index in [1.54, 1.807) is 0 Å². The van der Waals surface area contributed by atoms with Gasteiger partial charge in [-0.1, -0.05) is 39.0 Å². The molecule has 0 radical (unpaired) electrons. The summed E-state index contributed by atoms with van der Waals surface area (Å²) in [6, 6.07) is 5.39. The Balaban J connectivity index is 2.30. The first-order valence-corrected chi connectivity index (χ1v) is 10.7. The van der Waals surface area contributed by atoms with Crippen LogP contribution in [0.3, 0.4) is 0 Å². The third-order valence-corrected chi connectivity index (χ3v) is 7.45. The van der Waals surface area contributed by atoms with Crippen LogP contribution in [0.15, 0.2) is 18.2 Å². The predicted octanol–water partition coefficient (Wildman–Crippen LogP) is 2.20. The van der Waals surface area contributed by atoms with E-state index < -0.39 is 26.8 Å². The van der Waals surface area contributed by atoms with Crippen molar-refractivity contribution in [1.82, 2.24) is 5.32 Å². The highest BCUT2D eigenvalue weighted by Gasteiger charge is 2.45. The van der Waals surface area contributed by atoms with Gasteiger partial charge in [-0.2, -0.15) is 0 Å². The van der Waals surface area contributed by atoms with E-state index in [1.807, 2.05) is 12.1 Å². The van der Waals surface area contributed by atoms with Gasteiger partial charge in [-0.15, -0.1) is 0 Å². The number of aryl methyl sites for hydroxylation is 1. The van der Waals surface area contributed by atoms with Crippen LogP contribution < -0.4 is 5.32 Å². The first kappa shape index (κ1) is 18.8. The van der Waals surface area contributed by atoms with E-state index in [2.05, 4.69) is 32.2 Å². The average molecular weight is 363 g/mol. The van der Waals surface area contributed by atoms with Crippen molar-refractivity contribution in [2.45, 2.75) is 50.6 Å². The summed E-state index contributed by atoms with van der Waals surface area (Å²) in [5.41, 5.74) is 0.850. The molecule has 1 aliphatic rings. The Morgan fingerprint density at radius 3 is 2.17 bits per heavy atom. The molecule has 0 spiro atoms. The molecule has 1 aliphatic carbocycles. The minimum Gasteiger partial charge on any atom is -0.323 e. The van der Waals surface area contributed by atoms with Crippen molar-refractivity contribution >= 4 is 15.2 Å². The molecule has 0 amide bonds. The number of benzene rings is 1. The average Bonchev–Trinajstić information content (AvgIpc) is 2.74. The van der Waals surface area contributed by atoms with Crippen LogP contribution in [0.2, 0.25) is 0 Å². The van der Waals surface area contributed by atoms with Crippen LogP contribution in [0.4, 0.5) is 0 Å². The molecule has 1 aromatic carbocycles. The molecule has 0 saturated carbocycles. The van der Waals surface area contributed by atoms with Crippen molar-refractivity contribution in [1.29, 1.82) is 0 Å². The molecule has 5 N–H and O–H groups in total. The second kappa shape index (κ2) is 6.08. The molecule has 0 saturated heterocycles. The van der Waals surface area contributed by atoms with Crippen LogP contribution >= 0.6 is 15.2 Å². The molecule has 0 heterocycles. The summed E-state index contributed by atoms with van der Waals surface area (Å²) in [7, 11) is -9.94. The Labute approximate surface area is 135 Å². The largest absolute Gasteiger partial charge is 0.354 e. The van der Waals surface area contributed by atoms with Crippen LogP contribution in [0, 0.1) is 0 Å². The lowest BCUT2D eigenvalue weighted by Gasteiger charge is -2.25. The van der Waals surface area contributed by atoms with Crippen LogP contribution in [-0.2, 0) is 21.0 Å². The molecular formula is C14H23NO6P2. The molecule has 0 aliphatic heterocycles. The standard InChI is InChI=1S/C14H23NO6P2/c1-14(2,3)10-5-6-11-9(8-10)4-7-12(11)15-13(22(16,17)18)23(19,20)21/h5-6,8,12-13,15H,4,7H2,1-3H3,(H2,16,17,18)(H2,19,20,21). The highest BCUT2D eigenvalue weighted by molar-refractivity contribution is 7.70. The van der Waals surface area contributed by atoms with E-state index in [-0.39, 0.29) is 5.41 Å². The molecule has 0 bridgehead atoms. The number of fused-ring (bicyclic) bond motifs is 1. The van der Waals surface area contributed by atoms with Gasteiger partial charge in [0.05, 0.1) is 0 Å². The van der Waals surface area contributed by atoms with E-state index in [1.165, 1.54) is 0 Å². The van der Waals surface area contributed by atoms with Gasteiger partial charge in [0.1, 0.15) is 0 Å². The van der Waals surface area contributed by atoms with Gasteiger partial charge in [0.2, 0.25) is 5.52 Å². The van der Waals surface area contributed by atoms with Gasteiger partial charge in [0, 0.05) is 6.04 Å². The lowest BCUT2D eigenvalue weighted by Crippen LogP contribution is -2.31. The summed E-state index contributed by atoms with van der Waals surface area (Å²) < 4.78 is 22.8. The van der Waals surface area contributed by atoms with Gasteiger partial charge in [-0.25, -0.2) is 0 Å². The maximum absolute atomic E-state index is 11.4. The Morgan fingerprint density at radius 1 is 1.13 bits per heavy atom. The Morgan fingerprint density at radius 2 is 1.70 bits per heavy atom. The van der Waals surface area contributed by atoms with E-state index in [0.29, 0.717) is 12.8 Å². The fourth-order valence-electron chi connectivity index (χ4n) is 2.83. The lowest BCUT2D eigenvalue weighted by atomic mass is 9.85. The minimum atomic E-state index is -4.97. The summed E-state index contributed by atoms with van der Waals surface area (Å²) in [5.74, 6) is 0. The monoisotopic (exact) mass is 363 g/mol. The Hall–Kier alpha value is -0.520.